The molecule has 0 aliphatic carbocycles. The fraction of sp³-hybridized carbons (Fsp3) is 0.357. The Kier molecular flexibility index (Phi) is 3.01. The number of nitrogens with zero attached hydrogens (tertiary/aromatic N) is 2. The Labute approximate surface area is 121 Å². The first kappa shape index (κ1) is 13.1. The van der Waals surface area contributed by atoms with Gasteiger partial charge in [0, 0.05) is 20.0 Å². The summed E-state index contributed by atoms with van der Waals surface area (Å²) < 4.78 is 0. The molecule has 3 amide bonds. The maximum Gasteiger partial charge on any atom is 0.263 e. The molecule has 5 nitrogen and oxygen atoms in total. The predicted octanol–water partition coefficient (Wildman–Crippen LogP) is 1.56. The van der Waals surface area contributed by atoms with Crippen molar-refractivity contribution >= 4 is 29.3 Å². The highest BCUT2D eigenvalue weighted by molar-refractivity contribution is 6.37. The van der Waals surface area contributed by atoms with Gasteiger partial charge in [-0.3, -0.25) is 19.3 Å². The van der Waals surface area contributed by atoms with Gasteiger partial charge in [0.15, 0.2) is 0 Å². The normalized spacial score (nSPS) is 21.6. The largest absolute Gasteiger partial charge is 0.341 e. The van der Waals surface area contributed by atoms with Crippen molar-refractivity contribution in [3.8, 4) is 0 Å². The van der Waals surface area contributed by atoms with Crippen LogP contribution in [0.15, 0.2) is 18.2 Å². The molecule has 0 saturated carbocycles. The lowest BCUT2D eigenvalue weighted by atomic mass is 10.1. The second-order valence-corrected chi connectivity index (χ2v) is 5.46. The smallest absolute Gasteiger partial charge is 0.263 e. The van der Waals surface area contributed by atoms with Gasteiger partial charge in [0.05, 0.1) is 22.2 Å². The molecule has 0 aromatic heterocycles. The first-order chi connectivity index (χ1) is 9.50. The molecule has 6 heteroatoms. The van der Waals surface area contributed by atoms with E-state index in [4.69, 9.17) is 11.6 Å². The number of fused-ring (bicyclic) bond motifs is 1. The summed E-state index contributed by atoms with van der Waals surface area (Å²) >= 11 is 6.02. The van der Waals surface area contributed by atoms with Gasteiger partial charge in [-0.2, -0.15) is 0 Å². The molecule has 1 unspecified atom stereocenters. The van der Waals surface area contributed by atoms with Crippen LogP contribution in [0.3, 0.4) is 0 Å². The molecular formula is C14H13ClN2O3. The molecule has 1 atom stereocenters. The van der Waals surface area contributed by atoms with E-state index in [-0.39, 0.29) is 29.3 Å². The summed E-state index contributed by atoms with van der Waals surface area (Å²) in [4.78, 5) is 39.0. The molecule has 0 radical (unpaired) electrons. The SMILES string of the molecule is CC(=O)N1CCC(N2C(=O)c3cccc(Cl)c3C2=O)C1. The summed E-state index contributed by atoms with van der Waals surface area (Å²) in [6.07, 6.45) is 0.614. The monoisotopic (exact) mass is 292 g/mol. The molecule has 0 spiro atoms. The Bertz CT molecular complexity index is 629. The lowest BCUT2D eigenvalue weighted by molar-refractivity contribution is -0.127. The van der Waals surface area contributed by atoms with Gasteiger partial charge >= 0.3 is 0 Å². The number of hydrogen-bond donors (Lipinski definition) is 0. The third-order valence-electron chi connectivity index (χ3n) is 3.87. The second kappa shape index (κ2) is 4.59. The van der Waals surface area contributed by atoms with Gasteiger partial charge in [-0.1, -0.05) is 17.7 Å². The Morgan fingerprint density at radius 3 is 2.65 bits per heavy atom. The van der Waals surface area contributed by atoms with Crippen LogP contribution in [0.5, 0.6) is 0 Å². The molecule has 3 rings (SSSR count). The van der Waals surface area contributed by atoms with Crippen molar-refractivity contribution in [1.29, 1.82) is 0 Å². The Morgan fingerprint density at radius 2 is 2.05 bits per heavy atom. The third-order valence-corrected chi connectivity index (χ3v) is 4.18. The molecule has 1 saturated heterocycles. The van der Waals surface area contributed by atoms with Crippen molar-refractivity contribution in [1.82, 2.24) is 9.80 Å². The van der Waals surface area contributed by atoms with Crippen molar-refractivity contribution in [3.05, 3.63) is 34.3 Å². The average Bonchev–Trinajstić information content (AvgIpc) is 2.95. The maximum absolute atomic E-state index is 12.4. The first-order valence-corrected chi connectivity index (χ1v) is 6.80. The minimum atomic E-state index is -0.356. The molecule has 1 aromatic carbocycles. The van der Waals surface area contributed by atoms with Crippen LogP contribution >= 0.6 is 11.6 Å². The van der Waals surface area contributed by atoms with Crippen LogP contribution in [0.4, 0.5) is 0 Å². The predicted molar refractivity (Wildman–Crippen MR) is 72.6 cm³/mol. The van der Waals surface area contributed by atoms with Crippen molar-refractivity contribution in [3.63, 3.8) is 0 Å². The van der Waals surface area contributed by atoms with Crippen LogP contribution in [-0.2, 0) is 4.79 Å². The van der Waals surface area contributed by atoms with Crippen LogP contribution in [0.25, 0.3) is 0 Å². The molecule has 0 N–H and O–H groups in total. The molecule has 0 bridgehead atoms. The minimum Gasteiger partial charge on any atom is -0.341 e. The van der Waals surface area contributed by atoms with E-state index in [0.29, 0.717) is 30.1 Å². The lowest BCUT2D eigenvalue weighted by Gasteiger charge is -2.22. The number of carbonyl (C=O) groups excluding carboxylic acids is 3. The standard InChI is InChI=1S/C14H13ClN2O3/c1-8(18)16-6-5-9(7-16)17-13(19)10-3-2-4-11(15)12(10)14(17)20/h2-4,9H,5-7H2,1H3. The minimum absolute atomic E-state index is 0.0397. The molecule has 1 aromatic rings. The Morgan fingerprint density at radius 1 is 1.30 bits per heavy atom. The number of imide groups is 1. The number of halogens is 1. The van der Waals surface area contributed by atoms with E-state index in [0.717, 1.165) is 0 Å². The number of hydrogen-bond acceptors (Lipinski definition) is 3. The second-order valence-electron chi connectivity index (χ2n) is 5.05. The third kappa shape index (κ3) is 1.81. The average molecular weight is 293 g/mol. The maximum atomic E-state index is 12.4. The van der Waals surface area contributed by atoms with Crippen LogP contribution in [-0.4, -0.2) is 46.7 Å². The van der Waals surface area contributed by atoms with Gasteiger partial charge < -0.3 is 4.90 Å². The molecule has 104 valence electrons. The van der Waals surface area contributed by atoms with E-state index in [9.17, 15) is 14.4 Å². The molecule has 2 aliphatic rings. The number of benzene rings is 1. The Hall–Kier alpha value is -1.88. The van der Waals surface area contributed by atoms with Gasteiger partial charge in [0.2, 0.25) is 5.91 Å². The summed E-state index contributed by atoms with van der Waals surface area (Å²) in [7, 11) is 0. The zero-order valence-electron chi connectivity index (χ0n) is 10.9. The molecule has 2 heterocycles. The van der Waals surface area contributed by atoms with E-state index < -0.39 is 0 Å². The summed E-state index contributed by atoms with van der Waals surface area (Å²) in [5.41, 5.74) is 0.629. The fourth-order valence-electron chi connectivity index (χ4n) is 2.83. The first-order valence-electron chi connectivity index (χ1n) is 6.42. The van der Waals surface area contributed by atoms with E-state index in [2.05, 4.69) is 0 Å². The van der Waals surface area contributed by atoms with E-state index in [1.807, 2.05) is 0 Å². The summed E-state index contributed by atoms with van der Waals surface area (Å²) in [5.74, 6) is -0.712. The van der Waals surface area contributed by atoms with Gasteiger partial charge in [-0.05, 0) is 18.6 Å². The number of rotatable bonds is 1. The number of likely N-dealkylation sites (tertiary alicyclic amines) is 1. The lowest BCUT2D eigenvalue weighted by Crippen LogP contribution is -2.42. The summed E-state index contributed by atoms with van der Waals surface area (Å²) in [5, 5.41) is 0.296. The molecule has 1 fully saturated rings. The zero-order chi connectivity index (χ0) is 14.4. The number of carbonyl (C=O) groups is 3. The van der Waals surface area contributed by atoms with Crippen LogP contribution in [0.1, 0.15) is 34.1 Å². The van der Waals surface area contributed by atoms with Crippen LogP contribution in [0, 0.1) is 0 Å². The zero-order valence-corrected chi connectivity index (χ0v) is 11.7. The molecular weight excluding hydrogens is 280 g/mol. The highest BCUT2D eigenvalue weighted by Gasteiger charge is 2.43. The van der Waals surface area contributed by atoms with Crippen molar-refractivity contribution < 1.29 is 14.4 Å². The highest BCUT2D eigenvalue weighted by Crippen LogP contribution is 2.32. The van der Waals surface area contributed by atoms with Crippen LogP contribution < -0.4 is 0 Å². The highest BCUT2D eigenvalue weighted by atomic mass is 35.5. The summed E-state index contributed by atoms with van der Waals surface area (Å²) in [6.45, 7) is 2.46. The Balaban J connectivity index is 1.91. The quantitative estimate of drug-likeness (QED) is 0.738. The molecule has 2 aliphatic heterocycles. The van der Waals surface area contributed by atoms with Crippen molar-refractivity contribution in [2.45, 2.75) is 19.4 Å². The topological polar surface area (TPSA) is 57.7 Å². The van der Waals surface area contributed by atoms with Gasteiger partial charge in [0.1, 0.15) is 0 Å². The van der Waals surface area contributed by atoms with Crippen molar-refractivity contribution in [2.75, 3.05) is 13.1 Å². The van der Waals surface area contributed by atoms with Gasteiger partial charge in [0.25, 0.3) is 11.8 Å². The van der Waals surface area contributed by atoms with Crippen LogP contribution in [0.2, 0.25) is 5.02 Å². The van der Waals surface area contributed by atoms with Crippen molar-refractivity contribution in [2.24, 2.45) is 0 Å². The molecule has 20 heavy (non-hydrogen) atoms. The van der Waals surface area contributed by atoms with E-state index in [1.165, 1.54) is 11.8 Å². The fourth-order valence-corrected chi connectivity index (χ4v) is 3.09. The van der Waals surface area contributed by atoms with Gasteiger partial charge in [-0.15, -0.1) is 0 Å². The van der Waals surface area contributed by atoms with E-state index in [1.54, 1.807) is 23.1 Å². The van der Waals surface area contributed by atoms with E-state index >= 15 is 0 Å². The number of amides is 3. The summed E-state index contributed by atoms with van der Waals surface area (Å²) in [6, 6.07) is 4.61. The van der Waals surface area contributed by atoms with Gasteiger partial charge in [-0.25, -0.2) is 0 Å².